The second-order valence-corrected chi connectivity index (χ2v) is 10.7. The lowest BCUT2D eigenvalue weighted by Gasteiger charge is -2.15. The van der Waals surface area contributed by atoms with E-state index in [-0.39, 0.29) is 50.9 Å². The first-order chi connectivity index (χ1) is 22.1. The van der Waals surface area contributed by atoms with Crippen LogP contribution in [0.1, 0.15) is 44.5 Å². The molecule has 0 spiro atoms. The van der Waals surface area contributed by atoms with Crippen molar-refractivity contribution in [3.63, 3.8) is 0 Å². The van der Waals surface area contributed by atoms with E-state index in [1.807, 2.05) is 44.2 Å². The number of hydrogen-bond donors (Lipinski definition) is 2. The molecule has 0 aliphatic carbocycles. The van der Waals surface area contributed by atoms with Crippen molar-refractivity contribution in [1.29, 1.82) is 0 Å². The molecule has 3 aromatic heterocycles. The number of rotatable bonds is 13. The Hall–Kier alpha value is -5.17. The summed E-state index contributed by atoms with van der Waals surface area (Å²) in [5.41, 5.74) is 8.91. The Labute approximate surface area is 272 Å². The number of anilines is 2. The van der Waals surface area contributed by atoms with Gasteiger partial charge in [0.1, 0.15) is 29.1 Å². The Balaban J connectivity index is 0.00000500. The van der Waals surface area contributed by atoms with Gasteiger partial charge in [0, 0.05) is 47.1 Å². The fraction of sp³-hybridized carbons (Fsp3) is 0.324. The van der Waals surface area contributed by atoms with E-state index < -0.39 is 23.6 Å². The van der Waals surface area contributed by atoms with Crippen LogP contribution in [0.3, 0.4) is 0 Å². The van der Waals surface area contributed by atoms with Crippen LogP contribution in [0.5, 0.6) is 11.5 Å². The highest BCUT2D eigenvalue weighted by Crippen LogP contribution is 2.32. The highest BCUT2D eigenvalue weighted by Gasteiger charge is 2.20. The minimum atomic E-state index is -0.732. The van der Waals surface area contributed by atoms with Crippen molar-refractivity contribution < 1.29 is 27.8 Å². The van der Waals surface area contributed by atoms with E-state index in [0.717, 1.165) is 16.9 Å². The topological polar surface area (TPSA) is 139 Å². The van der Waals surface area contributed by atoms with E-state index in [2.05, 4.69) is 15.3 Å². The van der Waals surface area contributed by atoms with Crippen LogP contribution >= 0.6 is 0 Å². The van der Waals surface area contributed by atoms with Gasteiger partial charge in [0.05, 0.1) is 38.1 Å². The lowest BCUT2D eigenvalue weighted by molar-refractivity contribution is -0.144. The summed E-state index contributed by atoms with van der Waals surface area (Å²) < 4.78 is 47.9. The van der Waals surface area contributed by atoms with E-state index in [1.165, 1.54) is 23.0 Å². The Morgan fingerprint density at radius 3 is 2.51 bits per heavy atom. The number of carbonyl (C=O) groups is 1. The SMILES string of the molecule is C.CCOc1cc(F)c(Cn2nc(-c3ncc(OCCCOC(=O)[C@H](C)N)c(Nc4cc(C)ncc4C)n3)c3ccccc32)c(F)c1. The van der Waals surface area contributed by atoms with Gasteiger partial charge in [0.2, 0.25) is 0 Å². The summed E-state index contributed by atoms with van der Waals surface area (Å²) in [6.07, 6.45) is 3.70. The number of hydrogen-bond acceptors (Lipinski definition) is 10. The second kappa shape index (κ2) is 15.4. The maximum absolute atomic E-state index is 15.0. The number of aryl methyl sites for hydroxylation is 2. The molecule has 3 heterocycles. The number of nitrogens with two attached hydrogens (primary N) is 1. The number of esters is 1. The maximum atomic E-state index is 15.0. The number of nitrogens with zero attached hydrogens (tertiary/aromatic N) is 5. The third-order valence-electron chi connectivity index (χ3n) is 7.01. The highest BCUT2D eigenvalue weighted by molar-refractivity contribution is 5.92. The molecule has 5 rings (SSSR count). The van der Waals surface area contributed by atoms with Gasteiger partial charge in [-0.05, 0) is 45.4 Å². The lowest BCUT2D eigenvalue weighted by Crippen LogP contribution is -2.29. The molecule has 0 aliphatic heterocycles. The molecular weight excluding hydrogens is 608 g/mol. The number of ether oxygens (including phenoxy) is 3. The zero-order valence-corrected chi connectivity index (χ0v) is 26.0. The largest absolute Gasteiger partial charge is 0.494 e. The van der Waals surface area contributed by atoms with E-state index in [9.17, 15) is 13.6 Å². The first-order valence-electron chi connectivity index (χ1n) is 14.8. The second-order valence-electron chi connectivity index (χ2n) is 10.7. The Kier molecular flexibility index (Phi) is 11.4. The quantitative estimate of drug-likeness (QED) is 0.111. The van der Waals surface area contributed by atoms with E-state index in [1.54, 1.807) is 20.0 Å². The number of nitrogens with one attached hydrogen (secondary N) is 1. The van der Waals surface area contributed by atoms with Crippen LogP contribution in [0, 0.1) is 25.5 Å². The first-order valence-corrected chi connectivity index (χ1v) is 14.8. The number of aromatic nitrogens is 5. The smallest absolute Gasteiger partial charge is 0.322 e. The average Bonchev–Trinajstić information content (AvgIpc) is 3.39. The van der Waals surface area contributed by atoms with Crippen LogP contribution in [0.15, 0.2) is 54.9 Å². The molecule has 11 nitrogen and oxygen atoms in total. The molecule has 2 aromatic carbocycles. The van der Waals surface area contributed by atoms with Crippen LogP contribution in [0.25, 0.3) is 22.4 Å². The third-order valence-corrected chi connectivity index (χ3v) is 7.01. The summed E-state index contributed by atoms with van der Waals surface area (Å²) >= 11 is 0. The number of benzene rings is 2. The summed E-state index contributed by atoms with van der Waals surface area (Å²) in [5, 5.41) is 8.73. The van der Waals surface area contributed by atoms with Gasteiger partial charge in [-0.3, -0.25) is 14.5 Å². The Morgan fingerprint density at radius 1 is 1.04 bits per heavy atom. The van der Waals surface area contributed by atoms with Crippen molar-refractivity contribution in [2.24, 2.45) is 5.73 Å². The van der Waals surface area contributed by atoms with Crippen molar-refractivity contribution in [3.8, 4) is 23.0 Å². The standard InChI is InChI=1S/C33H35F2N7O4.CH4/c1-5-44-22-14-25(34)24(26(35)15-22)18-42-28-10-7-6-9-23(28)30(41-42)32-38-17-29(45-11-8-12-46-33(43)21(4)36)31(40-32)39-27-13-20(3)37-16-19(27)2;/h6-7,9-10,13-17,21H,5,8,11-12,18,36H2,1-4H3,(H,37,38,39,40);1H4/t21-;/m0./s1. The molecule has 13 heteroatoms. The normalized spacial score (nSPS) is 11.6. The summed E-state index contributed by atoms with van der Waals surface area (Å²) in [4.78, 5) is 25.3. The molecule has 0 amide bonds. The average molecular weight is 648 g/mol. The van der Waals surface area contributed by atoms with Crippen molar-refractivity contribution in [1.82, 2.24) is 24.7 Å². The summed E-state index contributed by atoms with van der Waals surface area (Å²) in [6.45, 7) is 7.57. The summed E-state index contributed by atoms with van der Waals surface area (Å²) in [7, 11) is 0. The molecule has 0 radical (unpaired) electrons. The summed E-state index contributed by atoms with van der Waals surface area (Å²) in [6, 6.07) is 10.8. The minimum Gasteiger partial charge on any atom is -0.494 e. The van der Waals surface area contributed by atoms with Crippen LogP contribution in [-0.2, 0) is 16.1 Å². The Bertz CT molecular complexity index is 1840. The van der Waals surface area contributed by atoms with Crippen LogP contribution < -0.4 is 20.5 Å². The van der Waals surface area contributed by atoms with Gasteiger partial charge in [-0.2, -0.15) is 5.10 Å². The molecule has 0 saturated heterocycles. The highest BCUT2D eigenvalue weighted by atomic mass is 19.1. The van der Waals surface area contributed by atoms with Gasteiger partial charge in [0.25, 0.3) is 0 Å². The van der Waals surface area contributed by atoms with Gasteiger partial charge < -0.3 is 25.3 Å². The van der Waals surface area contributed by atoms with Crippen LogP contribution in [0.4, 0.5) is 20.3 Å². The fourth-order valence-electron chi connectivity index (χ4n) is 4.66. The van der Waals surface area contributed by atoms with Gasteiger partial charge in [0.15, 0.2) is 17.4 Å². The van der Waals surface area contributed by atoms with Crippen LogP contribution in [-0.4, -0.2) is 56.6 Å². The summed E-state index contributed by atoms with van der Waals surface area (Å²) in [5.74, 6) is -0.834. The molecule has 5 aromatic rings. The molecule has 0 unspecified atom stereocenters. The monoisotopic (exact) mass is 647 g/mol. The maximum Gasteiger partial charge on any atom is 0.322 e. The molecule has 0 bridgehead atoms. The zero-order chi connectivity index (χ0) is 32.8. The molecule has 3 N–H and O–H groups in total. The van der Waals surface area contributed by atoms with Crippen molar-refractivity contribution in [2.45, 2.75) is 54.1 Å². The third kappa shape index (κ3) is 8.17. The number of halogens is 2. The van der Waals surface area contributed by atoms with Crippen LogP contribution in [0.2, 0.25) is 0 Å². The van der Waals surface area contributed by atoms with E-state index in [0.29, 0.717) is 34.6 Å². The van der Waals surface area contributed by atoms with E-state index in [4.69, 9.17) is 30.0 Å². The molecule has 248 valence electrons. The van der Waals surface area contributed by atoms with Gasteiger partial charge in [-0.25, -0.2) is 18.7 Å². The molecule has 1 atom stereocenters. The number of para-hydroxylation sites is 1. The van der Waals surface area contributed by atoms with Crippen molar-refractivity contribution in [3.05, 3.63) is 83.3 Å². The number of carbonyl (C=O) groups excluding carboxylic acids is 1. The van der Waals surface area contributed by atoms with Crippen molar-refractivity contribution >= 4 is 28.4 Å². The predicted octanol–water partition coefficient (Wildman–Crippen LogP) is 6.27. The fourth-order valence-corrected chi connectivity index (χ4v) is 4.66. The molecule has 47 heavy (non-hydrogen) atoms. The first kappa shape index (κ1) is 34.7. The van der Waals surface area contributed by atoms with Crippen molar-refractivity contribution in [2.75, 3.05) is 25.1 Å². The predicted molar refractivity (Wildman–Crippen MR) is 176 cm³/mol. The molecule has 0 aliphatic rings. The Morgan fingerprint density at radius 2 is 1.79 bits per heavy atom. The zero-order valence-electron chi connectivity index (χ0n) is 26.0. The molecular formula is C34H39F2N7O4. The lowest BCUT2D eigenvalue weighted by atomic mass is 10.1. The van der Waals surface area contributed by atoms with E-state index >= 15 is 0 Å². The van der Waals surface area contributed by atoms with Gasteiger partial charge in [-0.15, -0.1) is 0 Å². The number of pyridine rings is 1. The van der Waals surface area contributed by atoms with Gasteiger partial charge >= 0.3 is 5.97 Å². The minimum absolute atomic E-state index is 0. The molecule has 0 fully saturated rings. The molecule has 0 saturated carbocycles. The number of fused-ring (bicyclic) bond motifs is 1. The van der Waals surface area contributed by atoms with Gasteiger partial charge in [-0.1, -0.05) is 25.6 Å².